The number of para-hydroxylation sites is 2. The zero-order valence-electron chi connectivity index (χ0n) is 16.7. The maximum absolute atomic E-state index is 13.2. The Labute approximate surface area is 178 Å². The van der Waals surface area contributed by atoms with E-state index in [0.717, 1.165) is 6.07 Å². The van der Waals surface area contributed by atoms with E-state index in [1.54, 1.807) is 43.5 Å². The number of esters is 1. The molecule has 7 nitrogen and oxygen atoms in total. The first-order valence-corrected chi connectivity index (χ1v) is 9.32. The van der Waals surface area contributed by atoms with E-state index in [2.05, 4.69) is 15.8 Å². The SMILES string of the molecule is COc1ccccc1NCC(=O)N/N=C/c1ccc(OC(=O)c2cccc(F)c2)cc1. The van der Waals surface area contributed by atoms with Gasteiger partial charge in [-0.3, -0.25) is 4.79 Å². The lowest BCUT2D eigenvalue weighted by Crippen LogP contribution is -2.26. The Morgan fingerprint density at radius 2 is 1.81 bits per heavy atom. The first-order valence-electron chi connectivity index (χ1n) is 9.32. The van der Waals surface area contributed by atoms with E-state index in [0.29, 0.717) is 22.7 Å². The highest BCUT2D eigenvalue weighted by molar-refractivity contribution is 5.91. The normalized spacial score (nSPS) is 10.5. The van der Waals surface area contributed by atoms with Gasteiger partial charge >= 0.3 is 5.97 Å². The zero-order valence-corrected chi connectivity index (χ0v) is 16.7. The van der Waals surface area contributed by atoms with Gasteiger partial charge in [-0.2, -0.15) is 5.10 Å². The molecule has 0 atom stereocenters. The van der Waals surface area contributed by atoms with Crippen LogP contribution in [0, 0.1) is 5.82 Å². The summed E-state index contributed by atoms with van der Waals surface area (Å²) in [6.45, 7) is 0.0205. The minimum atomic E-state index is -0.657. The van der Waals surface area contributed by atoms with E-state index in [1.807, 2.05) is 12.1 Å². The Morgan fingerprint density at radius 3 is 2.55 bits per heavy atom. The molecule has 3 rings (SSSR count). The number of hydrogen-bond acceptors (Lipinski definition) is 6. The number of ether oxygens (including phenoxy) is 2. The highest BCUT2D eigenvalue weighted by Crippen LogP contribution is 2.22. The van der Waals surface area contributed by atoms with Crippen molar-refractivity contribution in [3.8, 4) is 11.5 Å². The molecule has 0 unspecified atom stereocenters. The van der Waals surface area contributed by atoms with Crippen molar-refractivity contribution in [1.82, 2.24) is 5.43 Å². The van der Waals surface area contributed by atoms with Gasteiger partial charge in [-0.15, -0.1) is 0 Å². The first-order chi connectivity index (χ1) is 15.0. The van der Waals surface area contributed by atoms with Gasteiger partial charge in [-0.05, 0) is 60.2 Å². The molecular weight excluding hydrogens is 401 g/mol. The van der Waals surface area contributed by atoms with Crippen LogP contribution >= 0.6 is 0 Å². The Balaban J connectivity index is 1.48. The van der Waals surface area contributed by atoms with Crippen molar-refractivity contribution in [1.29, 1.82) is 0 Å². The van der Waals surface area contributed by atoms with Crippen molar-refractivity contribution < 1.29 is 23.5 Å². The van der Waals surface area contributed by atoms with Crippen molar-refractivity contribution in [3.05, 3.63) is 89.7 Å². The average Bonchev–Trinajstić information content (AvgIpc) is 2.79. The summed E-state index contributed by atoms with van der Waals surface area (Å²) in [4.78, 5) is 24.0. The van der Waals surface area contributed by atoms with Gasteiger partial charge in [0.15, 0.2) is 0 Å². The van der Waals surface area contributed by atoms with Crippen LogP contribution in [0.5, 0.6) is 11.5 Å². The number of nitrogens with zero attached hydrogens (tertiary/aromatic N) is 1. The highest BCUT2D eigenvalue weighted by Gasteiger charge is 2.09. The molecule has 0 saturated heterocycles. The van der Waals surface area contributed by atoms with Crippen molar-refractivity contribution >= 4 is 23.8 Å². The number of hydrazone groups is 1. The summed E-state index contributed by atoms with van der Waals surface area (Å²) in [5, 5.41) is 6.87. The number of hydrogen-bond donors (Lipinski definition) is 2. The Bertz CT molecular complexity index is 1080. The summed E-state index contributed by atoms with van der Waals surface area (Å²) >= 11 is 0. The molecule has 2 N–H and O–H groups in total. The van der Waals surface area contributed by atoms with Gasteiger partial charge in [-0.25, -0.2) is 14.6 Å². The lowest BCUT2D eigenvalue weighted by Gasteiger charge is -2.09. The van der Waals surface area contributed by atoms with Gasteiger partial charge in [0.05, 0.1) is 31.1 Å². The zero-order chi connectivity index (χ0) is 22.1. The molecule has 8 heteroatoms. The van der Waals surface area contributed by atoms with Crippen LogP contribution < -0.4 is 20.2 Å². The molecule has 31 heavy (non-hydrogen) atoms. The maximum atomic E-state index is 13.2. The highest BCUT2D eigenvalue weighted by atomic mass is 19.1. The molecule has 0 spiro atoms. The topological polar surface area (TPSA) is 89.0 Å². The van der Waals surface area contributed by atoms with Gasteiger partial charge in [0.1, 0.15) is 17.3 Å². The summed E-state index contributed by atoms with van der Waals surface area (Å²) in [7, 11) is 1.55. The van der Waals surface area contributed by atoms with Crippen LogP contribution in [0.1, 0.15) is 15.9 Å². The number of anilines is 1. The lowest BCUT2D eigenvalue weighted by molar-refractivity contribution is -0.119. The maximum Gasteiger partial charge on any atom is 0.343 e. The van der Waals surface area contributed by atoms with Gasteiger partial charge in [0, 0.05) is 0 Å². The third-order valence-corrected chi connectivity index (χ3v) is 4.10. The summed E-state index contributed by atoms with van der Waals surface area (Å²) in [5.41, 5.74) is 3.92. The van der Waals surface area contributed by atoms with E-state index in [9.17, 15) is 14.0 Å². The molecule has 0 aliphatic heterocycles. The second kappa shape index (κ2) is 10.5. The Kier molecular flexibility index (Phi) is 7.31. The van der Waals surface area contributed by atoms with Crippen LogP contribution in [0.25, 0.3) is 0 Å². The molecule has 0 bridgehead atoms. The lowest BCUT2D eigenvalue weighted by atomic mass is 10.2. The van der Waals surface area contributed by atoms with Gasteiger partial charge in [-0.1, -0.05) is 18.2 Å². The molecule has 0 fully saturated rings. The minimum absolute atomic E-state index is 0.0205. The molecule has 0 radical (unpaired) electrons. The van der Waals surface area contributed by atoms with Crippen LogP contribution in [0.15, 0.2) is 77.9 Å². The largest absolute Gasteiger partial charge is 0.495 e. The molecule has 1 amide bonds. The van der Waals surface area contributed by atoms with Gasteiger partial charge in [0.25, 0.3) is 5.91 Å². The summed E-state index contributed by atoms with van der Waals surface area (Å²) in [5.74, 6) is -0.562. The number of carbonyl (C=O) groups excluding carboxylic acids is 2. The van der Waals surface area contributed by atoms with Crippen molar-refractivity contribution in [2.24, 2.45) is 5.10 Å². The van der Waals surface area contributed by atoms with Crippen molar-refractivity contribution in [2.45, 2.75) is 0 Å². The quantitative estimate of drug-likeness (QED) is 0.251. The van der Waals surface area contributed by atoms with E-state index in [1.165, 1.54) is 24.4 Å². The number of carbonyl (C=O) groups is 2. The van der Waals surface area contributed by atoms with E-state index in [-0.39, 0.29) is 18.0 Å². The molecule has 158 valence electrons. The van der Waals surface area contributed by atoms with Gasteiger partial charge < -0.3 is 14.8 Å². The smallest absolute Gasteiger partial charge is 0.343 e. The number of benzene rings is 3. The fourth-order valence-electron chi connectivity index (χ4n) is 2.59. The fraction of sp³-hybridized carbons (Fsp3) is 0.0870. The number of halogens is 1. The van der Waals surface area contributed by atoms with Crippen LogP contribution in [0.4, 0.5) is 10.1 Å². The van der Waals surface area contributed by atoms with Crippen molar-refractivity contribution in [2.75, 3.05) is 19.0 Å². The van der Waals surface area contributed by atoms with Crippen LogP contribution in [0.3, 0.4) is 0 Å². The second-order valence-electron chi connectivity index (χ2n) is 6.32. The number of methoxy groups -OCH3 is 1. The monoisotopic (exact) mass is 421 g/mol. The summed E-state index contributed by atoms with van der Waals surface area (Å²) in [6.07, 6.45) is 1.46. The van der Waals surface area contributed by atoms with Crippen LogP contribution in [0.2, 0.25) is 0 Å². The predicted molar refractivity (Wildman–Crippen MR) is 115 cm³/mol. The second-order valence-corrected chi connectivity index (χ2v) is 6.32. The van der Waals surface area contributed by atoms with E-state index in [4.69, 9.17) is 9.47 Å². The Hall–Kier alpha value is -4.20. The fourth-order valence-corrected chi connectivity index (χ4v) is 2.59. The molecular formula is C23H20FN3O4. The molecule has 0 aliphatic carbocycles. The standard InChI is InChI=1S/C23H20FN3O4/c1-30-21-8-3-2-7-20(21)25-15-22(28)27-26-14-16-9-11-19(12-10-16)31-23(29)17-5-4-6-18(24)13-17/h2-14,25H,15H2,1H3,(H,27,28)/b26-14+. The van der Waals surface area contributed by atoms with E-state index < -0.39 is 11.8 Å². The van der Waals surface area contributed by atoms with Gasteiger partial charge in [0.2, 0.25) is 0 Å². The third kappa shape index (κ3) is 6.40. The molecule has 0 aromatic heterocycles. The van der Waals surface area contributed by atoms with Crippen LogP contribution in [-0.4, -0.2) is 31.7 Å². The van der Waals surface area contributed by atoms with Crippen LogP contribution in [-0.2, 0) is 4.79 Å². The Morgan fingerprint density at radius 1 is 1.03 bits per heavy atom. The average molecular weight is 421 g/mol. The molecule has 3 aromatic rings. The molecule has 0 heterocycles. The number of amides is 1. The van der Waals surface area contributed by atoms with Crippen molar-refractivity contribution in [3.63, 3.8) is 0 Å². The molecule has 0 saturated carbocycles. The summed E-state index contributed by atoms with van der Waals surface area (Å²) < 4.78 is 23.6. The molecule has 3 aromatic carbocycles. The third-order valence-electron chi connectivity index (χ3n) is 4.10. The number of nitrogens with one attached hydrogen (secondary N) is 2. The number of rotatable bonds is 8. The minimum Gasteiger partial charge on any atom is -0.495 e. The first kappa shape index (κ1) is 21.5. The predicted octanol–water partition coefficient (Wildman–Crippen LogP) is 3.62. The summed E-state index contributed by atoms with van der Waals surface area (Å²) in [6, 6.07) is 19.0. The molecule has 0 aliphatic rings. The van der Waals surface area contributed by atoms with E-state index >= 15 is 0 Å².